The summed E-state index contributed by atoms with van der Waals surface area (Å²) in [5.74, 6) is 0. The molecule has 1 aliphatic heterocycles. The Morgan fingerprint density at radius 2 is 1.92 bits per heavy atom. The fourth-order valence-electron chi connectivity index (χ4n) is 3.42. The van der Waals surface area contributed by atoms with E-state index in [0.717, 1.165) is 29.6 Å². The number of hydrogen-bond acceptors (Lipinski definition) is 6. The molecule has 0 bridgehead atoms. The molecular weight excluding hydrogens is 316 g/mol. The molecule has 25 heavy (non-hydrogen) atoms. The van der Waals surface area contributed by atoms with E-state index in [0.29, 0.717) is 24.4 Å². The van der Waals surface area contributed by atoms with Crippen molar-refractivity contribution >= 4 is 16.6 Å². The van der Waals surface area contributed by atoms with Gasteiger partial charge in [-0.3, -0.25) is 14.9 Å². The van der Waals surface area contributed by atoms with Crippen LogP contribution in [0.2, 0.25) is 0 Å². The van der Waals surface area contributed by atoms with Gasteiger partial charge in [-0.25, -0.2) is 0 Å². The van der Waals surface area contributed by atoms with Gasteiger partial charge in [-0.2, -0.15) is 0 Å². The first-order valence-electron chi connectivity index (χ1n) is 8.31. The first kappa shape index (κ1) is 15.8. The topological polar surface area (TPSA) is 67.7 Å². The van der Waals surface area contributed by atoms with Gasteiger partial charge in [0.05, 0.1) is 24.8 Å². The van der Waals surface area contributed by atoms with Gasteiger partial charge in [0.1, 0.15) is 5.69 Å². The lowest BCUT2D eigenvalue weighted by Gasteiger charge is -2.35. The molecule has 0 aliphatic carbocycles. The lowest BCUT2D eigenvalue weighted by atomic mass is 9.95. The fraction of sp³-hybridized carbons (Fsp3) is 0.263. The number of morpholine rings is 1. The summed E-state index contributed by atoms with van der Waals surface area (Å²) < 4.78 is 5.49. The van der Waals surface area contributed by atoms with Gasteiger partial charge in [0.15, 0.2) is 0 Å². The zero-order valence-corrected chi connectivity index (χ0v) is 13.7. The third kappa shape index (κ3) is 3.01. The Morgan fingerprint density at radius 1 is 1.08 bits per heavy atom. The zero-order valence-electron chi connectivity index (χ0n) is 13.7. The molecule has 2 aromatic heterocycles. The van der Waals surface area contributed by atoms with E-state index >= 15 is 0 Å². The Morgan fingerprint density at radius 3 is 2.68 bits per heavy atom. The van der Waals surface area contributed by atoms with E-state index in [1.54, 1.807) is 12.4 Å². The van der Waals surface area contributed by atoms with Crippen molar-refractivity contribution in [1.29, 1.82) is 0 Å². The van der Waals surface area contributed by atoms with Crippen LogP contribution in [0.3, 0.4) is 0 Å². The van der Waals surface area contributed by atoms with Gasteiger partial charge in [-0.15, -0.1) is 4.91 Å². The predicted molar refractivity (Wildman–Crippen MR) is 95.7 cm³/mol. The summed E-state index contributed by atoms with van der Waals surface area (Å²) in [7, 11) is 0. The minimum absolute atomic E-state index is 0.100. The van der Waals surface area contributed by atoms with Crippen molar-refractivity contribution in [2.24, 2.45) is 5.18 Å². The molecule has 126 valence electrons. The maximum absolute atomic E-state index is 11.7. The number of ether oxygens (including phenoxy) is 1. The molecule has 0 radical (unpaired) electrons. The number of nitrogens with zero attached hydrogens (tertiary/aromatic N) is 4. The minimum Gasteiger partial charge on any atom is -0.379 e. The first-order chi connectivity index (χ1) is 12.4. The van der Waals surface area contributed by atoms with Crippen LogP contribution in [0.1, 0.15) is 17.2 Å². The Hall–Kier alpha value is -2.70. The lowest BCUT2D eigenvalue weighted by Crippen LogP contribution is -2.39. The predicted octanol–water partition coefficient (Wildman–Crippen LogP) is 3.45. The van der Waals surface area contributed by atoms with E-state index in [9.17, 15) is 4.91 Å². The number of hydrogen-bond donors (Lipinski definition) is 0. The maximum atomic E-state index is 11.7. The fourth-order valence-corrected chi connectivity index (χ4v) is 3.42. The molecule has 3 aromatic rings. The molecule has 3 heterocycles. The van der Waals surface area contributed by atoms with Gasteiger partial charge in [0, 0.05) is 42.6 Å². The van der Waals surface area contributed by atoms with Crippen LogP contribution in [0.4, 0.5) is 5.69 Å². The monoisotopic (exact) mass is 334 g/mol. The van der Waals surface area contributed by atoms with Crippen LogP contribution in [-0.2, 0) is 4.74 Å². The number of pyridine rings is 2. The standard InChI is InChI=1S/C19H18N4O2/c24-22-18-16(6-5-14-3-2-8-21-17(14)18)19(15-4-1-7-20-13-15)23-9-11-25-12-10-23/h1-8,13,19H,9-12H2. The molecule has 0 spiro atoms. The van der Waals surface area contributed by atoms with Crippen LogP contribution in [0.15, 0.2) is 60.2 Å². The number of rotatable bonds is 4. The average Bonchev–Trinajstić information content (AvgIpc) is 2.69. The van der Waals surface area contributed by atoms with Gasteiger partial charge in [-0.1, -0.05) is 24.3 Å². The molecule has 1 atom stereocenters. The molecule has 1 fully saturated rings. The number of aromatic nitrogens is 2. The molecule has 4 rings (SSSR count). The first-order valence-corrected chi connectivity index (χ1v) is 8.31. The van der Waals surface area contributed by atoms with E-state index in [4.69, 9.17) is 4.74 Å². The van der Waals surface area contributed by atoms with Crippen molar-refractivity contribution < 1.29 is 4.74 Å². The Bertz CT molecular complexity index is 879. The van der Waals surface area contributed by atoms with Gasteiger partial charge in [0.25, 0.3) is 0 Å². The summed E-state index contributed by atoms with van der Waals surface area (Å²) >= 11 is 0. The van der Waals surface area contributed by atoms with Crippen molar-refractivity contribution in [3.8, 4) is 0 Å². The molecular formula is C19H18N4O2. The van der Waals surface area contributed by atoms with Crippen molar-refractivity contribution in [1.82, 2.24) is 14.9 Å². The molecule has 6 nitrogen and oxygen atoms in total. The van der Waals surface area contributed by atoms with E-state index in [-0.39, 0.29) is 6.04 Å². The van der Waals surface area contributed by atoms with Crippen LogP contribution in [-0.4, -0.2) is 41.2 Å². The molecule has 0 saturated carbocycles. The molecule has 6 heteroatoms. The summed E-state index contributed by atoms with van der Waals surface area (Å²) in [6.07, 6.45) is 5.28. The third-order valence-electron chi connectivity index (χ3n) is 4.58. The second-order valence-electron chi connectivity index (χ2n) is 6.01. The van der Waals surface area contributed by atoms with E-state index in [1.165, 1.54) is 0 Å². The highest BCUT2D eigenvalue weighted by Crippen LogP contribution is 2.38. The molecule has 0 N–H and O–H groups in total. The van der Waals surface area contributed by atoms with E-state index < -0.39 is 0 Å². The summed E-state index contributed by atoms with van der Waals surface area (Å²) in [6.45, 7) is 2.93. The van der Waals surface area contributed by atoms with E-state index in [2.05, 4.69) is 20.0 Å². The summed E-state index contributed by atoms with van der Waals surface area (Å²) in [6, 6.07) is 11.6. The minimum atomic E-state index is -0.100. The van der Waals surface area contributed by atoms with Gasteiger partial charge in [-0.05, 0) is 22.9 Å². The quantitative estimate of drug-likeness (QED) is 0.684. The largest absolute Gasteiger partial charge is 0.379 e. The van der Waals surface area contributed by atoms with E-state index in [1.807, 2.05) is 42.6 Å². The zero-order chi connectivity index (χ0) is 17.1. The van der Waals surface area contributed by atoms with Gasteiger partial charge >= 0.3 is 0 Å². The SMILES string of the molecule is O=Nc1c(C(c2cccnc2)N2CCOCC2)ccc2cccnc12. The molecule has 1 aromatic carbocycles. The van der Waals surface area contributed by atoms with Crippen LogP contribution in [0.25, 0.3) is 10.9 Å². The number of nitroso groups, excluding NO2 is 1. The molecule has 1 unspecified atom stereocenters. The highest BCUT2D eigenvalue weighted by atomic mass is 16.5. The summed E-state index contributed by atoms with van der Waals surface area (Å²) in [5.41, 5.74) is 2.93. The second kappa shape index (κ2) is 7.04. The van der Waals surface area contributed by atoms with Crippen LogP contribution in [0, 0.1) is 4.91 Å². The van der Waals surface area contributed by atoms with Crippen LogP contribution < -0.4 is 0 Å². The normalized spacial score (nSPS) is 16.6. The van der Waals surface area contributed by atoms with Gasteiger partial charge < -0.3 is 4.74 Å². The lowest BCUT2D eigenvalue weighted by molar-refractivity contribution is 0.0240. The highest BCUT2D eigenvalue weighted by Gasteiger charge is 2.28. The molecule has 1 saturated heterocycles. The van der Waals surface area contributed by atoms with Crippen molar-refractivity contribution in [3.63, 3.8) is 0 Å². The van der Waals surface area contributed by atoms with Crippen LogP contribution >= 0.6 is 0 Å². The summed E-state index contributed by atoms with van der Waals surface area (Å²) in [5, 5.41) is 4.26. The average molecular weight is 334 g/mol. The molecule has 1 aliphatic rings. The van der Waals surface area contributed by atoms with Crippen molar-refractivity contribution in [2.75, 3.05) is 26.3 Å². The Labute approximate surface area is 145 Å². The van der Waals surface area contributed by atoms with Gasteiger partial charge in [0.2, 0.25) is 0 Å². The smallest absolute Gasteiger partial charge is 0.139 e. The second-order valence-corrected chi connectivity index (χ2v) is 6.01. The van der Waals surface area contributed by atoms with Crippen molar-refractivity contribution in [3.05, 3.63) is 71.0 Å². The Kier molecular flexibility index (Phi) is 4.45. The number of fused-ring (bicyclic) bond motifs is 1. The highest BCUT2D eigenvalue weighted by molar-refractivity contribution is 5.90. The Balaban J connectivity index is 1.90. The summed E-state index contributed by atoms with van der Waals surface area (Å²) in [4.78, 5) is 22.7. The third-order valence-corrected chi connectivity index (χ3v) is 4.58. The number of benzene rings is 1. The van der Waals surface area contributed by atoms with Crippen molar-refractivity contribution in [2.45, 2.75) is 6.04 Å². The maximum Gasteiger partial charge on any atom is 0.139 e. The van der Waals surface area contributed by atoms with Crippen LogP contribution in [0.5, 0.6) is 0 Å². The molecule has 0 amide bonds.